The first kappa shape index (κ1) is 11.6. The summed E-state index contributed by atoms with van der Waals surface area (Å²) in [5, 5.41) is 0. The van der Waals surface area contributed by atoms with Gasteiger partial charge in [-0.1, -0.05) is 0 Å². The van der Waals surface area contributed by atoms with Gasteiger partial charge < -0.3 is 5.73 Å². The van der Waals surface area contributed by atoms with Crippen molar-refractivity contribution in [1.29, 1.82) is 0 Å². The van der Waals surface area contributed by atoms with Gasteiger partial charge in [0.2, 0.25) is 5.91 Å². The van der Waals surface area contributed by atoms with Gasteiger partial charge in [-0.25, -0.2) is 0 Å². The van der Waals surface area contributed by atoms with Crippen LogP contribution in [-0.2, 0) is 11.2 Å². The Hall–Kier alpha value is -0.900. The van der Waals surface area contributed by atoms with E-state index < -0.39 is 0 Å². The summed E-state index contributed by atoms with van der Waals surface area (Å²) >= 11 is 3.54. The number of halogens is 1. The smallest absolute Gasteiger partial charge is 0.217 e. The van der Waals surface area contributed by atoms with Crippen LogP contribution < -0.4 is 5.73 Å². The molecule has 0 saturated heterocycles. The Bertz CT molecular complexity index is 406. The maximum atomic E-state index is 10.8. The maximum Gasteiger partial charge on any atom is 0.217 e. The fourth-order valence-corrected chi connectivity index (χ4v) is 2.93. The second-order valence-corrected chi connectivity index (χ2v) is 5.14. The van der Waals surface area contributed by atoms with Crippen LogP contribution in [0.2, 0.25) is 0 Å². The standard InChI is InChI=1S/C12H15BrN2O/c13-11-7-15-6-10-8(4-5-12(14)16)2-1-3-9(10)11/h6-8H,1-5H2,(H2,14,16). The molecule has 2 rings (SSSR count). The Morgan fingerprint density at radius 2 is 2.38 bits per heavy atom. The quantitative estimate of drug-likeness (QED) is 0.926. The average molecular weight is 283 g/mol. The van der Waals surface area contributed by atoms with Gasteiger partial charge in [-0.2, -0.15) is 0 Å². The van der Waals surface area contributed by atoms with Gasteiger partial charge in [0.25, 0.3) is 0 Å². The minimum absolute atomic E-state index is 0.213. The Morgan fingerprint density at radius 1 is 1.56 bits per heavy atom. The summed E-state index contributed by atoms with van der Waals surface area (Å²) in [6.07, 6.45) is 8.51. The lowest BCUT2D eigenvalue weighted by Crippen LogP contribution is -2.15. The zero-order chi connectivity index (χ0) is 11.5. The molecule has 1 aromatic heterocycles. The summed E-state index contributed by atoms with van der Waals surface area (Å²) in [5.74, 6) is 0.233. The minimum Gasteiger partial charge on any atom is -0.370 e. The van der Waals surface area contributed by atoms with Gasteiger partial charge in [-0.15, -0.1) is 0 Å². The van der Waals surface area contributed by atoms with Crippen molar-refractivity contribution in [3.63, 3.8) is 0 Å². The van der Waals surface area contributed by atoms with Gasteiger partial charge in [-0.05, 0) is 58.7 Å². The SMILES string of the molecule is NC(=O)CCC1CCCc2c(Br)cncc21. The molecule has 0 radical (unpaired) electrons. The van der Waals surface area contributed by atoms with Gasteiger partial charge in [0.15, 0.2) is 0 Å². The Morgan fingerprint density at radius 3 is 3.12 bits per heavy atom. The predicted octanol–water partition coefficient (Wildman–Crippen LogP) is 2.53. The molecule has 1 amide bonds. The highest BCUT2D eigenvalue weighted by Gasteiger charge is 2.22. The number of nitrogens with zero attached hydrogens (tertiary/aromatic N) is 1. The number of fused-ring (bicyclic) bond motifs is 1. The molecule has 4 heteroatoms. The van der Waals surface area contributed by atoms with E-state index in [1.54, 1.807) is 0 Å². The molecular weight excluding hydrogens is 268 g/mol. The van der Waals surface area contributed by atoms with Crippen LogP contribution in [0.3, 0.4) is 0 Å². The highest BCUT2D eigenvalue weighted by Crippen LogP contribution is 2.37. The zero-order valence-electron chi connectivity index (χ0n) is 9.08. The molecule has 1 aliphatic carbocycles. The van der Waals surface area contributed by atoms with E-state index in [1.165, 1.54) is 17.5 Å². The van der Waals surface area contributed by atoms with Crippen molar-refractivity contribution >= 4 is 21.8 Å². The number of hydrogen-bond acceptors (Lipinski definition) is 2. The van der Waals surface area contributed by atoms with E-state index in [4.69, 9.17) is 5.73 Å². The van der Waals surface area contributed by atoms with Crippen molar-refractivity contribution in [1.82, 2.24) is 4.98 Å². The molecule has 1 aromatic rings. The Labute approximate surface area is 104 Å². The molecule has 16 heavy (non-hydrogen) atoms. The van der Waals surface area contributed by atoms with Gasteiger partial charge in [0.1, 0.15) is 0 Å². The van der Waals surface area contributed by atoms with Crippen LogP contribution in [0.25, 0.3) is 0 Å². The summed E-state index contributed by atoms with van der Waals surface area (Å²) in [7, 11) is 0. The van der Waals surface area contributed by atoms with E-state index in [0.717, 1.165) is 23.7 Å². The van der Waals surface area contributed by atoms with Gasteiger partial charge in [-0.3, -0.25) is 9.78 Å². The van der Waals surface area contributed by atoms with Gasteiger partial charge >= 0.3 is 0 Å². The monoisotopic (exact) mass is 282 g/mol. The number of nitrogens with two attached hydrogens (primary N) is 1. The molecule has 1 unspecified atom stereocenters. The third-order valence-corrected chi connectivity index (χ3v) is 3.88. The molecule has 3 nitrogen and oxygen atoms in total. The number of carbonyl (C=O) groups excluding carboxylic acids is 1. The largest absolute Gasteiger partial charge is 0.370 e. The van der Waals surface area contributed by atoms with Crippen LogP contribution in [0.15, 0.2) is 16.9 Å². The van der Waals surface area contributed by atoms with Crippen LogP contribution in [0.4, 0.5) is 0 Å². The molecule has 0 spiro atoms. The lowest BCUT2D eigenvalue weighted by Gasteiger charge is -2.25. The Kier molecular flexibility index (Phi) is 3.59. The summed E-state index contributed by atoms with van der Waals surface area (Å²) in [6, 6.07) is 0. The van der Waals surface area contributed by atoms with E-state index in [0.29, 0.717) is 12.3 Å². The van der Waals surface area contributed by atoms with Crippen molar-refractivity contribution in [2.75, 3.05) is 0 Å². The molecule has 0 saturated carbocycles. The van der Waals surface area contributed by atoms with Crippen molar-refractivity contribution in [2.24, 2.45) is 5.73 Å². The van der Waals surface area contributed by atoms with Crippen molar-refractivity contribution < 1.29 is 4.79 Å². The van der Waals surface area contributed by atoms with E-state index in [-0.39, 0.29) is 5.91 Å². The molecule has 1 atom stereocenters. The summed E-state index contributed by atoms with van der Waals surface area (Å²) in [5.41, 5.74) is 7.85. The molecule has 0 fully saturated rings. The molecule has 0 bridgehead atoms. The van der Waals surface area contributed by atoms with Gasteiger partial charge in [0, 0.05) is 23.3 Å². The van der Waals surface area contributed by atoms with Crippen molar-refractivity contribution in [3.05, 3.63) is 28.0 Å². The lowest BCUT2D eigenvalue weighted by atomic mass is 9.81. The molecule has 1 aliphatic rings. The first-order valence-electron chi connectivity index (χ1n) is 5.59. The van der Waals surface area contributed by atoms with E-state index in [1.807, 2.05) is 12.4 Å². The average Bonchev–Trinajstić information content (AvgIpc) is 2.27. The fourth-order valence-electron chi connectivity index (χ4n) is 2.39. The third-order valence-electron chi connectivity index (χ3n) is 3.20. The first-order valence-corrected chi connectivity index (χ1v) is 6.38. The number of aromatic nitrogens is 1. The van der Waals surface area contributed by atoms with Crippen molar-refractivity contribution in [3.8, 4) is 0 Å². The van der Waals surface area contributed by atoms with E-state index in [9.17, 15) is 4.79 Å². The van der Waals surface area contributed by atoms with Crippen LogP contribution in [0.1, 0.15) is 42.7 Å². The highest BCUT2D eigenvalue weighted by atomic mass is 79.9. The first-order chi connectivity index (χ1) is 7.68. The normalized spacial score (nSPS) is 19.2. The molecule has 0 aliphatic heterocycles. The number of carbonyl (C=O) groups is 1. The number of amides is 1. The number of pyridine rings is 1. The minimum atomic E-state index is -0.213. The molecular formula is C12H15BrN2O. The van der Waals surface area contributed by atoms with E-state index >= 15 is 0 Å². The molecule has 1 heterocycles. The molecule has 2 N–H and O–H groups in total. The van der Waals surface area contributed by atoms with E-state index in [2.05, 4.69) is 20.9 Å². The maximum absolute atomic E-state index is 10.8. The number of primary amides is 1. The van der Waals surface area contributed by atoms with Crippen LogP contribution in [0.5, 0.6) is 0 Å². The third kappa shape index (κ3) is 2.43. The Balaban J connectivity index is 2.19. The molecule has 86 valence electrons. The summed E-state index contributed by atoms with van der Waals surface area (Å²) in [4.78, 5) is 15.0. The van der Waals surface area contributed by atoms with Crippen LogP contribution in [-0.4, -0.2) is 10.9 Å². The second kappa shape index (κ2) is 4.95. The molecule has 0 aromatic carbocycles. The number of rotatable bonds is 3. The fraction of sp³-hybridized carbons (Fsp3) is 0.500. The van der Waals surface area contributed by atoms with Crippen molar-refractivity contribution in [2.45, 2.75) is 38.0 Å². The highest BCUT2D eigenvalue weighted by molar-refractivity contribution is 9.10. The van der Waals surface area contributed by atoms with Crippen LogP contribution >= 0.6 is 15.9 Å². The summed E-state index contributed by atoms with van der Waals surface area (Å²) < 4.78 is 1.09. The number of hydrogen-bond donors (Lipinski definition) is 1. The summed E-state index contributed by atoms with van der Waals surface area (Å²) in [6.45, 7) is 0. The second-order valence-electron chi connectivity index (χ2n) is 4.28. The zero-order valence-corrected chi connectivity index (χ0v) is 10.7. The van der Waals surface area contributed by atoms with Crippen LogP contribution in [0, 0.1) is 0 Å². The lowest BCUT2D eigenvalue weighted by molar-refractivity contribution is -0.118. The topological polar surface area (TPSA) is 56.0 Å². The predicted molar refractivity (Wildman–Crippen MR) is 66.0 cm³/mol. The van der Waals surface area contributed by atoms with Gasteiger partial charge in [0.05, 0.1) is 0 Å².